The Kier molecular flexibility index (Phi) is 12.2. The molecule has 0 aromatic heterocycles. The maximum absolute atomic E-state index is 13.0. The van der Waals surface area contributed by atoms with Crippen molar-refractivity contribution in [1.29, 1.82) is 0 Å². The smallest absolute Gasteiger partial charge is 0.363 e. The van der Waals surface area contributed by atoms with Crippen LogP contribution in [0.4, 0.5) is 0 Å². The number of hydrogen-bond donors (Lipinski definition) is 4. The summed E-state index contributed by atoms with van der Waals surface area (Å²) in [5, 5.41) is 33.5. The van der Waals surface area contributed by atoms with Crippen LogP contribution in [-0.4, -0.2) is 92.7 Å². The first-order valence-electron chi connectivity index (χ1n) is 13.4. The molecule has 0 aromatic carbocycles. The molecule has 4 N–H and O–H groups in total. The molecule has 0 spiro atoms. The maximum Gasteiger partial charge on any atom is 0.363 e. The van der Waals surface area contributed by atoms with Crippen molar-refractivity contribution in [2.24, 2.45) is 0 Å². The second-order valence-electron chi connectivity index (χ2n) is 11.7. The van der Waals surface area contributed by atoms with Gasteiger partial charge in [-0.05, 0) is 36.3 Å². The van der Waals surface area contributed by atoms with Gasteiger partial charge in [-0.15, -0.1) is 0 Å². The summed E-state index contributed by atoms with van der Waals surface area (Å²) in [7, 11) is -5.17. The van der Waals surface area contributed by atoms with Gasteiger partial charge in [0.1, 0.15) is 12.2 Å². The highest BCUT2D eigenvalue weighted by atomic mass is 28.4. The third-order valence-corrected chi connectivity index (χ3v) is 17.1. The lowest BCUT2D eigenvalue weighted by Gasteiger charge is -2.53. The van der Waals surface area contributed by atoms with Gasteiger partial charge < -0.3 is 39.0 Å². The Bertz CT molecular complexity index is 821. The van der Waals surface area contributed by atoms with Crippen molar-refractivity contribution >= 4 is 34.5 Å². The van der Waals surface area contributed by atoms with Crippen molar-refractivity contribution in [2.75, 3.05) is 6.61 Å². The predicted molar refractivity (Wildman–Crippen MR) is 146 cm³/mol. The molecule has 6 atom stereocenters. The summed E-state index contributed by atoms with van der Waals surface area (Å²) >= 11 is 0. The van der Waals surface area contributed by atoms with E-state index in [1.807, 2.05) is 54.6 Å². The monoisotopic (exact) mass is 579 g/mol. The van der Waals surface area contributed by atoms with E-state index >= 15 is 0 Å². The van der Waals surface area contributed by atoms with Crippen molar-refractivity contribution < 1.29 is 48.0 Å². The fraction of sp³-hybridized carbons (Fsp3) is 0.880. The van der Waals surface area contributed by atoms with Crippen molar-refractivity contribution in [2.45, 2.75) is 134 Å². The molecule has 1 rings (SSSR count). The lowest BCUT2D eigenvalue weighted by molar-refractivity contribution is -0.288. The first-order chi connectivity index (χ1) is 17.3. The Balaban J connectivity index is 3.90. The van der Waals surface area contributed by atoms with E-state index in [-0.39, 0.29) is 11.5 Å². The number of ether oxygens (including phenoxy) is 2. The van der Waals surface area contributed by atoms with Crippen LogP contribution in [0.1, 0.15) is 61.8 Å². The fourth-order valence-corrected chi connectivity index (χ4v) is 8.71. The molecule has 1 amide bonds. The molecule has 1 saturated heterocycles. The second kappa shape index (κ2) is 13.3. The third kappa shape index (κ3) is 8.08. The number of carbonyl (C=O) groups is 3. The minimum absolute atomic E-state index is 0.229. The number of hydrogen-bond acceptors (Lipinski definition) is 9. The van der Waals surface area contributed by atoms with Crippen molar-refractivity contribution in [3.63, 3.8) is 0 Å². The standard InChI is InChI=1S/C25H49NO10Si2/c1-11-38(12-2,13-3)36-25(23(31)32)14-19(35-37(9,10)24(6,7)8)20(26-16(4)28)22(34-25)21(18(30)15-27)33-17(5)29/h18-22,27,30H,11-15H2,1-10H3,(H,26,28)(H,31,32)/t18-,19+,20-,21-,22-,25-/m1/s1. The van der Waals surface area contributed by atoms with Crippen LogP contribution in [0, 0.1) is 0 Å². The molecule has 1 aliphatic rings. The van der Waals surface area contributed by atoms with Crippen LogP contribution in [0.25, 0.3) is 0 Å². The van der Waals surface area contributed by atoms with Crippen molar-refractivity contribution in [3.8, 4) is 0 Å². The molecule has 11 nitrogen and oxygen atoms in total. The van der Waals surface area contributed by atoms with Gasteiger partial charge in [-0.25, -0.2) is 4.79 Å². The van der Waals surface area contributed by atoms with Gasteiger partial charge in [0.2, 0.25) is 5.91 Å². The van der Waals surface area contributed by atoms with Gasteiger partial charge in [0.25, 0.3) is 5.79 Å². The summed E-state index contributed by atoms with van der Waals surface area (Å²) in [5.74, 6) is -4.79. The number of amides is 1. The number of aliphatic hydroxyl groups excluding tert-OH is 2. The molecule has 38 heavy (non-hydrogen) atoms. The van der Waals surface area contributed by atoms with Crippen LogP contribution >= 0.6 is 0 Å². The Morgan fingerprint density at radius 2 is 1.63 bits per heavy atom. The largest absolute Gasteiger partial charge is 0.477 e. The van der Waals surface area contributed by atoms with Gasteiger partial charge in [-0.1, -0.05) is 41.5 Å². The average Bonchev–Trinajstić information content (AvgIpc) is 2.80. The van der Waals surface area contributed by atoms with Crippen molar-refractivity contribution in [3.05, 3.63) is 0 Å². The van der Waals surface area contributed by atoms with Crippen LogP contribution in [0.15, 0.2) is 0 Å². The molecule has 0 bridgehead atoms. The van der Waals surface area contributed by atoms with E-state index in [0.29, 0.717) is 18.1 Å². The van der Waals surface area contributed by atoms with E-state index in [4.69, 9.17) is 18.3 Å². The van der Waals surface area contributed by atoms with Gasteiger partial charge in [0.05, 0.1) is 18.8 Å². The zero-order chi connectivity index (χ0) is 29.7. The van der Waals surface area contributed by atoms with Crippen LogP contribution in [0.3, 0.4) is 0 Å². The number of aliphatic carboxylic acids is 1. The second-order valence-corrected chi connectivity index (χ2v) is 21.1. The summed E-state index contributed by atoms with van der Waals surface area (Å²) in [4.78, 5) is 37.4. The fourth-order valence-electron chi connectivity index (χ4n) is 4.52. The topological polar surface area (TPSA) is 161 Å². The van der Waals surface area contributed by atoms with Gasteiger partial charge >= 0.3 is 11.9 Å². The van der Waals surface area contributed by atoms with E-state index in [9.17, 15) is 29.7 Å². The molecule has 222 valence electrons. The quantitative estimate of drug-likeness (QED) is 0.189. The van der Waals surface area contributed by atoms with E-state index in [1.165, 1.54) is 6.92 Å². The van der Waals surface area contributed by atoms with Gasteiger partial charge in [0, 0.05) is 20.3 Å². The number of esters is 1. The maximum atomic E-state index is 13.0. The molecule has 0 radical (unpaired) electrons. The van der Waals surface area contributed by atoms with E-state index in [1.54, 1.807) is 0 Å². The van der Waals surface area contributed by atoms with E-state index < -0.39 is 77.3 Å². The van der Waals surface area contributed by atoms with Crippen LogP contribution < -0.4 is 5.32 Å². The van der Waals surface area contributed by atoms with Crippen LogP contribution in [0.5, 0.6) is 0 Å². The summed E-state index contributed by atoms with van der Waals surface area (Å²) < 4.78 is 24.8. The molecular formula is C25H49NO10Si2. The average molecular weight is 580 g/mol. The molecular weight excluding hydrogens is 530 g/mol. The summed E-state index contributed by atoms with van der Waals surface area (Å²) in [6, 6.07) is 0.902. The number of nitrogens with one attached hydrogen (secondary N) is 1. The summed E-state index contributed by atoms with van der Waals surface area (Å²) in [5.41, 5.74) is 0. The highest BCUT2D eigenvalue weighted by Gasteiger charge is 2.60. The van der Waals surface area contributed by atoms with Gasteiger partial charge in [0.15, 0.2) is 22.7 Å². The molecule has 1 heterocycles. The van der Waals surface area contributed by atoms with Crippen LogP contribution in [-0.2, 0) is 32.7 Å². The number of aliphatic hydroxyl groups is 2. The number of carbonyl (C=O) groups excluding carboxylic acids is 2. The number of carboxylic acid groups (broad SMARTS) is 1. The Hall–Kier alpha value is -1.36. The molecule has 0 unspecified atom stereocenters. The molecule has 13 heteroatoms. The lowest BCUT2D eigenvalue weighted by atomic mass is 9.88. The lowest BCUT2D eigenvalue weighted by Crippen LogP contribution is -2.71. The number of rotatable bonds is 13. The van der Waals surface area contributed by atoms with Gasteiger partial charge in [-0.3, -0.25) is 9.59 Å². The highest BCUT2D eigenvalue weighted by molar-refractivity contribution is 6.74. The molecule has 1 fully saturated rings. The minimum atomic E-state index is -2.61. The van der Waals surface area contributed by atoms with Crippen LogP contribution in [0.2, 0.25) is 36.3 Å². The molecule has 1 aliphatic heterocycles. The summed E-state index contributed by atoms with van der Waals surface area (Å²) in [6.45, 7) is 17.6. The zero-order valence-electron chi connectivity index (χ0n) is 24.6. The predicted octanol–water partition coefficient (Wildman–Crippen LogP) is 2.76. The SMILES string of the molecule is CC[Si](CC)(CC)O[C@@]1(C(=O)O)C[C@H](O[Si](C)(C)C(C)(C)C)[C@@H](NC(C)=O)[C@H]([C@H](OC(C)=O)[C@H](O)CO)O1. The Labute approximate surface area is 228 Å². The zero-order valence-corrected chi connectivity index (χ0v) is 26.6. The number of carboxylic acids is 1. The van der Waals surface area contributed by atoms with E-state index in [0.717, 1.165) is 6.92 Å². The highest BCUT2D eigenvalue weighted by Crippen LogP contribution is 2.44. The molecule has 0 aromatic rings. The van der Waals surface area contributed by atoms with E-state index in [2.05, 4.69) is 5.32 Å². The molecule has 0 saturated carbocycles. The van der Waals surface area contributed by atoms with Crippen molar-refractivity contribution in [1.82, 2.24) is 5.32 Å². The van der Waals surface area contributed by atoms with Gasteiger partial charge in [-0.2, -0.15) is 0 Å². The molecule has 0 aliphatic carbocycles. The normalized spacial score (nSPS) is 26.4. The Morgan fingerprint density at radius 3 is 2.00 bits per heavy atom. The minimum Gasteiger partial charge on any atom is -0.477 e. The summed E-state index contributed by atoms with van der Waals surface area (Å²) in [6.07, 6.45) is -5.68. The Morgan fingerprint density at radius 1 is 1.11 bits per heavy atom. The first-order valence-corrected chi connectivity index (χ1v) is 18.8. The third-order valence-electron chi connectivity index (χ3n) is 8.01. The first kappa shape index (κ1) is 34.7.